The van der Waals surface area contributed by atoms with Crippen LogP contribution in [0.4, 0.5) is 10.6 Å². The van der Waals surface area contributed by atoms with E-state index in [2.05, 4.69) is 15.6 Å². The summed E-state index contributed by atoms with van der Waals surface area (Å²) in [5, 5.41) is 5.90. The number of amides is 2. The van der Waals surface area contributed by atoms with Crippen LogP contribution in [0.5, 0.6) is 5.75 Å². The zero-order valence-electron chi connectivity index (χ0n) is 11.6. The Hall–Kier alpha value is -2.27. The molecule has 0 radical (unpaired) electrons. The maximum atomic E-state index is 11.7. The number of anilines is 1. The topological polar surface area (TPSA) is 63.2 Å². The average Bonchev–Trinajstić information content (AvgIpc) is 2.49. The van der Waals surface area contributed by atoms with Crippen molar-refractivity contribution in [3.8, 4) is 5.75 Å². The molecule has 0 atom stereocenters. The molecule has 0 spiro atoms. The first-order valence-corrected chi connectivity index (χ1v) is 6.93. The summed E-state index contributed by atoms with van der Waals surface area (Å²) in [6, 6.07) is 10.5. The molecule has 21 heavy (non-hydrogen) atoms. The number of rotatable bonds is 5. The van der Waals surface area contributed by atoms with Crippen LogP contribution < -0.4 is 15.4 Å². The molecule has 2 rings (SSSR count). The quantitative estimate of drug-likeness (QED) is 0.889. The van der Waals surface area contributed by atoms with Gasteiger partial charge in [-0.05, 0) is 36.8 Å². The van der Waals surface area contributed by atoms with E-state index in [9.17, 15) is 4.79 Å². The minimum absolute atomic E-state index is 0.321. The van der Waals surface area contributed by atoms with Crippen LogP contribution in [0.2, 0.25) is 5.02 Å². The highest BCUT2D eigenvalue weighted by Gasteiger charge is 2.03. The third-order valence-corrected chi connectivity index (χ3v) is 2.88. The fourth-order valence-corrected chi connectivity index (χ4v) is 1.77. The number of ether oxygens (including phenoxy) is 1. The molecule has 2 amide bonds. The predicted molar refractivity (Wildman–Crippen MR) is 82.7 cm³/mol. The van der Waals surface area contributed by atoms with E-state index in [1.54, 1.807) is 12.1 Å². The first kappa shape index (κ1) is 15.1. The summed E-state index contributed by atoms with van der Waals surface area (Å²) >= 11 is 5.72. The van der Waals surface area contributed by atoms with E-state index in [-0.39, 0.29) is 6.03 Å². The van der Waals surface area contributed by atoms with Gasteiger partial charge in [-0.2, -0.15) is 0 Å². The van der Waals surface area contributed by atoms with E-state index < -0.39 is 0 Å². The number of urea groups is 1. The molecule has 0 unspecified atom stereocenters. The highest BCUT2D eigenvalue weighted by atomic mass is 35.5. The summed E-state index contributed by atoms with van der Waals surface area (Å²) in [6.07, 6.45) is 1.48. The monoisotopic (exact) mass is 305 g/mol. The molecule has 1 aromatic heterocycles. The lowest BCUT2D eigenvalue weighted by atomic mass is 10.2. The molecular formula is C15H16ClN3O2. The van der Waals surface area contributed by atoms with E-state index >= 15 is 0 Å². The van der Waals surface area contributed by atoms with Gasteiger partial charge in [0.2, 0.25) is 0 Å². The van der Waals surface area contributed by atoms with E-state index in [1.165, 1.54) is 6.20 Å². The van der Waals surface area contributed by atoms with Crippen molar-refractivity contribution in [2.24, 2.45) is 0 Å². The summed E-state index contributed by atoms with van der Waals surface area (Å²) < 4.78 is 5.36. The number of carbonyl (C=O) groups excluding carboxylic acids is 1. The molecule has 1 heterocycles. The number of aromatic nitrogens is 1. The van der Waals surface area contributed by atoms with Crippen LogP contribution in [-0.4, -0.2) is 17.6 Å². The molecule has 0 saturated carbocycles. The number of nitrogens with one attached hydrogen (secondary N) is 2. The van der Waals surface area contributed by atoms with Gasteiger partial charge >= 0.3 is 6.03 Å². The molecule has 0 fully saturated rings. The largest absolute Gasteiger partial charge is 0.494 e. The van der Waals surface area contributed by atoms with Crippen LogP contribution >= 0.6 is 11.6 Å². The van der Waals surface area contributed by atoms with Gasteiger partial charge in [0, 0.05) is 12.7 Å². The summed E-state index contributed by atoms with van der Waals surface area (Å²) in [5.41, 5.74) is 0.984. The van der Waals surface area contributed by atoms with Gasteiger partial charge < -0.3 is 10.1 Å². The third kappa shape index (κ3) is 4.96. The molecule has 5 nitrogen and oxygen atoms in total. The fourth-order valence-electron chi connectivity index (χ4n) is 1.66. The number of benzene rings is 1. The predicted octanol–water partition coefficient (Wildman–Crippen LogP) is 3.46. The van der Waals surface area contributed by atoms with Gasteiger partial charge in [-0.3, -0.25) is 5.32 Å². The Balaban J connectivity index is 1.81. The lowest BCUT2D eigenvalue weighted by Crippen LogP contribution is -2.28. The fraction of sp³-hybridized carbons (Fsp3) is 0.200. The van der Waals surface area contributed by atoms with Gasteiger partial charge in [0.05, 0.1) is 11.6 Å². The Bertz CT molecular complexity index is 585. The number of pyridine rings is 1. The smallest absolute Gasteiger partial charge is 0.320 e. The van der Waals surface area contributed by atoms with Gasteiger partial charge in [0.1, 0.15) is 11.6 Å². The highest BCUT2D eigenvalue weighted by molar-refractivity contribution is 6.30. The Kier molecular flexibility index (Phi) is 5.40. The molecule has 0 bridgehead atoms. The van der Waals surface area contributed by atoms with E-state index in [0.717, 1.165) is 11.3 Å². The van der Waals surface area contributed by atoms with Gasteiger partial charge in [-0.25, -0.2) is 9.78 Å². The first-order valence-electron chi connectivity index (χ1n) is 6.55. The minimum Gasteiger partial charge on any atom is -0.494 e. The molecule has 2 aromatic rings. The van der Waals surface area contributed by atoms with Crippen molar-refractivity contribution >= 4 is 23.4 Å². The molecule has 0 aliphatic heterocycles. The maximum Gasteiger partial charge on any atom is 0.320 e. The molecule has 0 saturated heterocycles. The van der Waals surface area contributed by atoms with Crippen LogP contribution in [0.15, 0.2) is 42.6 Å². The number of hydrogen-bond donors (Lipinski definition) is 2. The standard InChI is InChI=1S/C15H16ClN3O2/c1-2-21-13-6-3-11(4-7-13)9-18-15(20)19-14-8-5-12(16)10-17-14/h3-8,10H,2,9H2,1H3,(H2,17,18,19,20). The molecule has 0 aliphatic rings. The molecule has 1 aromatic carbocycles. The number of carbonyl (C=O) groups is 1. The second kappa shape index (κ2) is 7.50. The van der Waals surface area contributed by atoms with Gasteiger partial charge in [0.15, 0.2) is 0 Å². The maximum absolute atomic E-state index is 11.7. The van der Waals surface area contributed by atoms with Crippen molar-refractivity contribution in [2.75, 3.05) is 11.9 Å². The zero-order valence-corrected chi connectivity index (χ0v) is 12.4. The Morgan fingerprint density at radius 3 is 2.62 bits per heavy atom. The molecule has 110 valence electrons. The lowest BCUT2D eigenvalue weighted by Gasteiger charge is -2.08. The normalized spacial score (nSPS) is 10.0. The average molecular weight is 306 g/mol. The second-order valence-electron chi connectivity index (χ2n) is 4.25. The molecule has 2 N–H and O–H groups in total. The van der Waals surface area contributed by atoms with Crippen LogP contribution in [0.3, 0.4) is 0 Å². The number of hydrogen-bond acceptors (Lipinski definition) is 3. The van der Waals surface area contributed by atoms with Crippen molar-refractivity contribution in [3.63, 3.8) is 0 Å². The van der Waals surface area contributed by atoms with E-state index in [1.807, 2.05) is 31.2 Å². The van der Waals surface area contributed by atoms with Crippen LogP contribution in [0.1, 0.15) is 12.5 Å². The summed E-state index contributed by atoms with van der Waals surface area (Å²) in [6.45, 7) is 2.99. The lowest BCUT2D eigenvalue weighted by molar-refractivity contribution is 0.251. The third-order valence-electron chi connectivity index (χ3n) is 2.66. The summed E-state index contributed by atoms with van der Waals surface area (Å²) in [4.78, 5) is 15.7. The van der Waals surface area contributed by atoms with Gasteiger partial charge in [-0.15, -0.1) is 0 Å². The van der Waals surface area contributed by atoms with E-state index in [0.29, 0.717) is 24.0 Å². The van der Waals surface area contributed by atoms with Crippen molar-refractivity contribution in [3.05, 3.63) is 53.2 Å². The van der Waals surface area contributed by atoms with Crippen LogP contribution in [0.25, 0.3) is 0 Å². The van der Waals surface area contributed by atoms with Gasteiger partial charge in [0.25, 0.3) is 0 Å². The Labute approximate surface area is 128 Å². The van der Waals surface area contributed by atoms with Gasteiger partial charge in [-0.1, -0.05) is 23.7 Å². The summed E-state index contributed by atoms with van der Waals surface area (Å²) in [7, 11) is 0. The van der Waals surface area contributed by atoms with Crippen molar-refractivity contribution in [1.29, 1.82) is 0 Å². The molecule has 6 heteroatoms. The number of halogens is 1. The molecular weight excluding hydrogens is 290 g/mol. The molecule has 0 aliphatic carbocycles. The SMILES string of the molecule is CCOc1ccc(CNC(=O)Nc2ccc(Cl)cn2)cc1. The van der Waals surface area contributed by atoms with Crippen LogP contribution in [0, 0.1) is 0 Å². The number of nitrogens with zero attached hydrogens (tertiary/aromatic N) is 1. The highest BCUT2D eigenvalue weighted by Crippen LogP contribution is 2.12. The van der Waals surface area contributed by atoms with Crippen molar-refractivity contribution in [2.45, 2.75) is 13.5 Å². The zero-order chi connectivity index (χ0) is 15.1. The van der Waals surface area contributed by atoms with E-state index in [4.69, 9.17) is 16.3 Å². The summed E-state index contributed by atoms with van der Waals surface area (Å²) in [5.74, 6) is 1.26. The minimum atomic E-state index is -0.321. The van der Waals surface area contributed by atoms with Crippen molar-refractivity contribution < 1.29 is 9.53 Å². The Morgan fingerprint density at radius 2 is 2.00 bits per heavy atom. The van der Waals surface area contributed by atoms with Crippen LogP contribution in [-0.2, 0) is 6.54 Å². The Morgan fingerprint density at radius 1 is 1.24 bits per heavy atom. The second-order valence-corrected chi connectivity index (χ2v) is 4.68. The van der Waals surface area contributed by atoms with Crippen molar-refractivity contribution in [1.82, 2.24) is 10.3 Å². The first-order chi connectivity index (χ1) is 10.2.